The number of carbonyl (C=O) groups is 4. The highest BCUT2D eigenvalue weighted by atomic mass is 31.2. The van der Waals surface area contributed by atoms with Gasteiger partial charge in [0, 0.05) is 25.7 Å². The van der Waals surface area contributed by atoms with Crippen LogP contribution in [0, 0.1) is 23.7 Å². The number of hydrogen-bond donors (Lipinski definition) is 3. The van der Waals surface area contributed by atoms with E-state index in [2.05, 4.69) is 55.4 Å². The Kier molecular flexibility index (Phi) is 72.5. The molecule has 104 heavy (non-hydrogen) atoms. The molecule has 0 aromatic carbocycles. The Bertz CT molecular complexity index is 2030. The van der Waals surface area contributed by atoms with Crippen LogP contribution in [-0.2, 0) is 65.4 Å². The average Bonchev–Trinajstić information content (AvgIpc) is 0.906. The lowest BCUT2D eigenvalue weighted by molar-refractivity contribution is -0.161. The fourth-order valence-electron chi connectivity index (χ4n) is 13.0. The summed E-state index contributed by atoms with van der Waals surface area (Å²) < 4.78 is 68.9. The summed E-state index contributed by atoms with van der Waals surface area (Å²) >= 11 is 0. The third-order valence-electron chi connectivity index (χ3n) is 21.3. The van der Waals surface area contributed by atoms with Crippen LogP contribution in [0.2, 0.25) is 0 Å². The Morgan fingerprint density at radius 2 is 0.433 bits per heavy atom. The SMILES string of the molecule is CCC(C)CCCCCCCCCCCCCCCCC(=O)OC[C@H](COP(=O)(O)OC[C@@H](O)COP(=O)(O)OC[C@@H](COC(=O)CCCCCCCCC(C)CC)OC(=O)CCCCCCCCCCCCCCCCC(C)CC)OC(=O)CCCCCCCCCCCCCCCCC(C)CC. The predicted molar refractivity (Wildman–Crippen MR) is 428 cm³/mol. The van der Waals surface area contributed by atoms with Crippen molar-refractivity contribution in [3.8, 4) is 0 Å². The summed E-state index contributed by atoms with van der Waals surface area (Å²) in [6.45, 7) is 14.4. The van der Waals surface area contributed by atoms with Crippen LogP contribution in [-0.4, -0.2) is 96.7 Å². The molecular weight excluding hydrogens is 1350 g/mol. The second-order valence-electron chi connectivity index (χ2n) is 31.5. The van der Waals surface area contributed by atoms with E-state index in [-0.39, 0.29) is 25.7 Å². The summed E-state index contributed by atoms with van der Waals surface area (Å²) in [4.78, 5) is 73.2. The van der Waals surface area contributed by atoms with E-state index in [4.69, 9.17) is 37.0 Å². The van der Waals surface area contributed by atoms with Crippen LogP contribution in [0.3, 0.4) is 0 Å². The van der Waals surface area contributed by atoms with Crippen molar-refractivity contribution in [1.82, 2.24) is 0 Å². The highest BCUT2D eigenvalue weighted by molar-refractivity contribution is 7.47. The zero-order valence-corrected chi connectivity index (χ0v) is 70.5. The number of ether oxygens (including phenoxy) is 4. The van der Waals surface area contributed by atoms with Gasteiger partial charge in [-0.2, -0.15) is 0 Å². The summed E-state index contributed by atoms with van der Waals surface area (Å²) in [6, 6.07) is 0. The molecule has 6 unspecified atom stereocenters. The van der Waals surface area contributed by atoms with E-state index in [9.17, 15) is 43.2 Å². The first-order chi connectivity index (χ1) is 50.2. The molecule has 0 amide bonds. The van der Waals surface area contributed by atoms with Crippen molar-refractivity contribution in [3.05, 3.63) is 0 Å². The summed E-state index contributed by atoms with van der Waals surface area (Å²) in [5.41, 5.74) is 0. The molecule has 0 aromatic rings. The summed E-state index contributed by atoms with van der Waals surface area (Å²) in [5.74, 6) is 1.16. The van der Waals surface area contributed by atoms with Gasteiger partial charge >= 0.3 is 39.5 Å². The van der Waals surface area contributed by atoms with Crippen molar-refractivity contribution in [2.45, 2.75) is 459 Å². The van der Waals surface area contributed by atoms with Crippen molar-refractivity contribution in [2.75, 3.05) is 39.6 Å². The standard InChI is InChI=1S/C85H166O17P2/c1-9-75(5)61-53-45-37-31-25-19-13-16-22-28-34-40-49-57-65-82(87)95-71-80(101-84(89)67-59-51-41-35-29-23-17-14-20-26-32-38-46-54-62-76(6)10-2)73-99-103(91,92)97-69-79(86)70-98-104(93,94)100-74-81(72-96-83(88)66-58-50-44-43-48-56-64-78(8)12-4)102-85(90)68-60-52-42-36-30-24-18-15-21-27-33-39-47-55-63-77(7)11-3/h75-81,86H,9-74H2,1-8H3,(H,91,92)(H,93,94)/t75?,76?,77?,78?,79-,80-,81-/m1/s1. The van der Waals surface area contributed by atoms with Gasteiger partial charge in [0.2, 0.25) is 0 Å². The topological polar surface area (TPSA) is 237 Å². The molecule has 0 aliphatic heterocycles. The molecule has 0 rings (SSSR count). The highest BCUT2D eigenvalue weighted by Gasteiger charge is 2.31. The lowest BCUT2D eigenvalue weighted by Gasteiger charge is -2.21. The number of hydrogen-bond acceptors (Lipinski definition) is 15. The first kappa shape index (κ1) is 102. The summed E-state index contributed by atoms with van der Waals surface area (Å²) in [7, 11) is -9.93. The molecule has 17 nitrogen and oxygen atoms in total. The van der Waals surface area contributed by atoms with Crippen molar-refractivity contribution in [1.29, 1.82) is 0 Å². The molecule has 0 saturated carbocycles. The second kappa shape index (κ2) is 73.8. The third kappa shape index (κ3) is 72.9. The minimum absolute atomic E-state index is 0.107. The molecule has 3 N–H and O–H groups in total. The lowest BCUT2D eigenvalue weighted by Crippen LogP contribution is -2.30. The number of aliphatic hydroxyl groups is 1. The van der Waals surface area contributed by atoms with E-state index in [0.717, 1.165) is 120 Å². The van der Waals surface area contributed by atoms with E-state index in [1.54, 1.807) is 0 Å². The molecule has 0 aliphatic rings. The molecule has 0 aliphatic carbocycles. The molecule has 618 valence electrons. The molecule has 0 fully saturated rings. The lowest BCUT2D eigenvalue weighted by atomic mass is 9.99. The Hall–Kier alpha value is -1.94. The number of aliphatic hydroxyl groups excluding tert-OH is 1. The van der Waals surface area contributed by atoms with E-state index < -0.39 is 97.5 Å². The largest absolute Gasteiger partial charge is 0.472 e. The predicted octanol–water partition coefficient (Wildman–Crippen LogP) is 25.6. The molecular formula is C85H166O17P2. The maximum Gasteiger partial charge on any atom is 0.472 e. The van der Waals surface area contributed by atoms with E-state index in [1.165, 1.54) is 238 Å². The Balaban J connectivity index is 5.25. The normalized spacial score (nSPS) is 15.0. The van der Waals surface area contributed by atoms with E-state index in [0.29, 0.717) is 25.7 Å². The minimum Gasteiger partial charge on any atom is -0.462 e. The van der Waals surface area contributed by atoms with Crippen LogP contribution >= 0.6 is 15.6 Å². The smallest absolute Gasteiger partial charge is 0.462 e. The van der Waals surface area contributed by atoms with Gasteiger partial charge in [0.1, 0.15) is 19.3 Å². The van der Waals surface area contributed by atoms with Gasteiger partial charge in [0.15, 0.2) is 12.2 Å². The number of phosphoric ester groups is 2. The monoisotopic (exact) mass is 1520 g/mol. The van der Waals surface area contributed by atoms with Gasteiger partial charge in [0.05, 0.1) is 26.4 Å². The molecule has 0 spiro atoms. The van der Waals surface area contributed by atoms with Crippen LogP contribution in [0.15, 0.2) is 0 Å². The second-order valence-corrected chi connectivity index (χ2v) is 34.4. The fourth-order valence-corrected chi connectivity index (χ4v) is 14.6. The zero-order chi connectivity index (χ0) is 76.7. The van der Waals surface area contributed by atoms with Crippen molar-refractivity contribution < 1.29 is 80.2 Å². The number of unbranched alkanes of at least 4 members (excludes halogenated alkanes) is 44. The Labute approximate surface area is 638 Å². The molecule has 9 atom stereocenters. The van der Waals surface area contributed by atoms with Crippen LogP contribution in [0.25, 0.3) is 0 Å². The van der Waals surface area contributed by atoms with Gasteiger partial charge in [-0.3, -0.25) is 37.3 Å². The van der Waals surface area contributed by atoms with Crippen LogP contribution < -0.4 is 0 Å². The molecule has 0 bridgehead atoms. The average molecular weight is 1520 g/mol. The molecule has 0 heterocycles. The first-order valence-electron chi connectivity index (χ1n) is 43.9. The molecule has 0 radical (unpaired) electrons. The number of carbonyl (C=O) groups excluding carboxylic acids is 4. The van der Waals surface area contributed by atoms with Crippen molar-refractivity contribution in [2.24, 2.45) is 23.7 Å². The quantitative estimate of drug-likeness (QED) is 0.0222. The van der Waals surface area contributed by atoms with Crippen LogP contribution in [0.5, 0.6) is 0 Å². The first-order valence-corrected chi connectivity index (χ1v) is 46.8. The van der Waals surface area contributed by atoms with E-state index >= 15 is 0 Å². The maximum absolute atomic E-state index is 13.1. The number of rotatable bonds is 82. The molecule has 0 aromatic heterocycles. The van der Waals surface area contributed by atoms with E-state index in [1.807, 2.05) is 0 Å². The van der Waals surface area contributed by atoms with Crippen molar-refractivity contribution >= 4 is 39.5 Å². The van der Waals surface area contributed by atoms with Gasteiger partial charge in [-0.15, -0.1) is 0 Å². The Morgan fingerprint density at radius 1 is 0.260 bits per heavy atom. The third-order valence-corrected chi connectivity index (χ3v) is 23.2. The van der Waals surface area contributed by atoms with Gasteiger partial charge in [-0.25, -0.2) is 9.13 Å². The van der Waals surface area contributed by atoms with Gasteiger partial charge in [-0.05, 0) is 49.4 Å². The zero-order valence-electron chi connectivity index (χ0n) is 68.7. The van der Waals surface area contributed by atoms with Crippen LogP contribution in [0.4, 0.5) is 0 Å². The minimum atomic E-state index is -4.97. The summed E-state index contributed by atoms with van der Waals surface area (Å²) in [5, 5.41) is 10.7. The van der Waals surface area contributed by atoms with Gasteiger partial charge < -0.3 is 33.8 Å². The van der Waals surface area contributed by atoms with Crippen LogP contribution in [0.1, 0.15) is 441 Å². The van der Waals surface area contributed by atoms with Crippen molar-refractivity contribution in [3.63, 3.8) is 0 Å². The highest BCUT2D eigenvalue weighted by Crippen LogP contribution is 2.45. The maximum atomic E-state index is 13.1. The summed E-state index contributed by atoms with van der Waals surface area (Å²) in [6.07, 6.45) is 62.2. The van der Waals surface area contributed by atoms with Gasteiger partial charge in [-0.1, -0.05) is 389 Å². The number of esters is 4. The van der Waals surface area contributed by atoms with Gasteiger partial charge in [0.25, 0.3) is 0 Å². The molecule has 0 saturated heterocycles. The number of phosphoric acid groups is 2. The Morgan fingerprint density at radius 3 is 0.635 bits per heavy atom. The molecule has 19 heteroatoms. The fraction of sp³-hybridized carbons (Fsp3) is 0.953.